The molecule has 0 aliphatic rings. The van der Waals surface area contributed by atoms with Crippen molar-refractivity contribution >= 4 is 6.34 Å². The Kier molecular flexibility index (Phi) is 7.59. The molecule has 13 heteroatoms. The molecule has 0 spiro atoms. The molecular weight excluding hydrogens is 475 g/mol. The Morgan fingerprint density at radius 3 is 2.29 bits per heavy atom. The summed E-state index contributed by atoms with van der Waals surface area (Å²) < 4.78 is 78.1. The number of benzene rings is 2. The molecule has 2 aromatic carbocycles. The zero-order valence-electron chi connectivity index (χ0n) is 17.9. The number of nitrogens with two attached hydrogens (primary N) is 2. The van der Waals surface area contributed by atoms with E-state index in [1.807, 2.05) is 0 Å². The smallest absolute Gasteiger partial charge is 0.323 e. The number of hydrogen-bond acceptors (Lipinski definition) is 7. The first kappa shape index (κ1) is 25.5. The standard InChI is InChI=1S/C22H19F5N6O2/c23-15-3-1-14(2-4-15)11-35-17-6-8-20(30-10-17)22(26,27)21(32-34,12-33(29)13-31-28)18-7-5-16(24)9-19(18)25/h1-10,13H,11-12,28-29H2/b31-13-. The van der Waals surface area contributed by atoms with Crippen molar-refractivity contribution in [3.05, 3.63) is 100.0 Å². The molecule has 0 saturated carbocycles. The number of nitroso groups, excluding NO2 is 1. The molecule has 0 aliphatic carbocycles. The Labute approximate surface area is 196 Å². The van der Waals surface area contributed by atoms with Crippen molar-refractivity contribution in [2.24, 2.45) is 22.0 Å². The van der Waals surface area contributed by atoms with Crippen LogP contribution in [-0.2, 0) is 18.1 Å². The molecule has 0 fully saturated rings. The Morgan fingerprint density at radius 2 is 1.71 bits per heavy atom. The highest BCUT2D eigenvalue weighted by Gasteiger charge is 2.61. The third-order valence-electron chi connectivity index (χ3n) is 5.06. The van der Waals surface area contributed by atoms with Crippen LogP contribution in [0.4, 0.5) is 22.0 Å². The molecule has 0 radical (unpaired) electrons. The number of aromatic nitrogens is 1. The van der Waals surface area contributed by atoms with Crippen LogP contribution in [0.25, 0.3) is 0 Å². The lowest BCUT2D eigenvalue weighted by Gasteiger charge is -2.36. The van der Waals surface area contributed by atoms with Crippen molar-refractivity contribution in [2.45, 2.75) is 18.1 Å². The number of ether oxygens (including phenoxy) is 1. The van der Waals surface area contributed by atoms with Gasteiger partial charge >= 0.3 is 5.92 Å². The van der Waals surface area contributed by atoms with Gasteiger partial charge in [-0.1, -0.05) is 18.2 Å². The fourth-order valence-corrected chi connectivity index (χ4v) is 3.32. The van der Waals surface area contributed by atoms with Gasteiger partial charge in [-0.05, 0) is 41.1 Å². The first-order valence-electron chi connectivity index (χ1n) is 9.89. The van der Waals surface area contributed by atoms with E-state index in [2.05, 4.69) is 15.3 Å². The van der Waals surface area contributed by atoms with E-state index < -0.39 is 46.7 Å². The van der Waals surface area contributed by atoms with Gasteiger partial charge in [0.2, 0.25) is 5.54 Å². The van der Waals surface area contributed by atoms with Crippen LogP contribution in [0, 0.1) is 22.4 Å². The lowest BCUT2D eigenvalue weighted by atomic mass is 9.81. The van der Waals surface area contributed by atoms with E-state index in [0.717, 1.165) is 24.7 Å². The van der Waals surface area contributed by atoms with E-state index >= 15 is 8.78 Å². The summed E-state index contributed by atoms with van der Waals surface area (Å²) in [6, 6.07) is 9.15. The van der Waals surface area contributed by atoms with Crippen molar-refractivity contribution in [1.29, 1.82) is 0 Å². The van der Waals surface area contributed by atoms with Crippen molar-refractivity contribution in [2.75, 3.05) is 6.54 Å². The van der Waals surface area contributed by atoms with Crippen molar-refractivity contribution in [3.8, 4) is 5.75 Å². The van der Waals surface area contributed by atoms with Crippen LogP contribution in [0.15, 0.2) is 71.1 Å². The zero-order chi connectivity index (χ0) is 25.6. The Balaban J connectivity index is 1.97. The first-order chi connectivity index (χ1) is 16.6. The fourth-order valence-electron chi connectivity index (χ4n) is 3.32. The summed E-state index contributed by atoms with van der Waals surface area (Å²) in [4.78, 5) is 15.6. The highest BCUT2D eigenvalue weighted by atomic mass is 19.3. The van der Waals surface area contributed by atoms with Crippen LogP contribution in [-0.4, -0.2) is 22.9 Å². The van der Waals surface area contributed by atoms with Crippen molar-refractivity contribution in [1.82, 2.24) is 9.99 Å². The van der Waals surface area contributed by atoms with Gasteiger partial charge in [-0.2, -0.15) is 13.9 Å². The minimum Gasteiger partial charge on any atom is -0.487 e. The molecule has 8 nitrogen and oxygen atoms in total. The Hall–Kier alpha value is -4.13. The second-order valence-corrected chi connectivity index (χ2v) is 7.38. The van der Waals surface area contributed by atoms with E-state index in [-0.39, 0.29) is 12.4 Å². The van der Waals surface area contributed by atoms with Crippen LogP contribution >= 0.6 is 0 Å². The second-order valence-electron chi connectivity index (χ2n) is 7.38. The summed E-state index contributed by atoms with van der Waals surface area (Å²) in [7, 11) is 0. The number of hydrogen-bond donors (Lipinski definition) is 2. The molecule has 184 valence electrons. The maximum Gasteiger partial charge on any atom is 0.323 e. The van der Waals surface area contributed by atoms with Crippen molar-refractivity contribution < 1.29 is 26.7 Å². The molecule has 0 amide bonds. The summed E-state index contributed by atoms with van der Waals surface area (Å²) in [5.41, 5.74) is -4.46. The van der Waals surface area contributed by atoms with Crippen LogP contribution < -0.4 is 16.4 Å². The van der Waals surface area contributed by atoms with Crippen molar-refractivity contribution in [3.63, 3.8) is 0 Å². The van der Waals surface area contributed by atoms with Gasteiger partial charge < -0.3 is 10.6 Å². The second kappa shape index (κ2) is 10.4. The average Bonchev–Trinajstić information content (AvgIpc) is 2.83. The third kappa shape index (κ3) is 5.35. The summed E-state index contributed by atoms with van der Waals surface area (Å²) >= 11 is 0. The highest BCUT2D eigenvalue weighted by Crippen LogP contribution is 2.48. The molecule has 0 bridgehead atoms. The number of hydrazine groups is 1. The number of nitrogens with zero attached hydrogens (tertiary/aromatic N) is 4. The lowest BCUT2D eigenvalue weighted by Crippen LogP contribution is -2.52. The molecule has 0 saturated heterocycles. The van der Waals surface area contributed by atoms with E-state index in [1.165, 1.54) is 24.3 Å². The van der Waals surface area contributed by atoms with Gasteiger partial charge in [-0.25, -0.2) is 19.0 Å². The fraction of sp³-hybridized carbons (Fsp3) is 0.182. The largest absolute Gasteiger partial charge is 0.487 e. The third-order valence-corrected chi connectivity index (χ3v) is 5.06. The van der Waals surface area contributed by atoms with Gasteiger partial charge in [0.05, 0.1) is 12.7 Å². The molecular formula is C22H19F5N6O2. The molecule has 3 aromatic rings. The minimum absolute atomic E-state index is 0.00111. The van der Waals surface area contributed by atoms with Crippen LogP contribution in [0.1, 0.15) is 16.8 Å². The van der Waals surface area contributed by atoms with Crippen LogP contribution in [0.5, 0.6) is 5.75 Å². The van der Waals surface area contributed by atoms with E-state index in [9.17, 15) is 18.1 Å². The Morgan fingerprint density at radius 1 is 1.03 bits per heavy atom. The summed E-state index contributed by atoms with van der Waals surface area (Å²) in [5, 5.41) is 6.16. The van der Waals surface area contributed by atoms with E-state index in [1.54, 1.807) is 0 Å². The van der Waals surface area contributed by atoms with Gasteiger partial charge in [0.25, 0.3) is 0 Å². The molecule has 1 atom stereocenters. The van der Waals surface area contributed by atoms with Crippen LogP contribution in [0.2, 0.25) is 0 Å². The quantitative estimate of drug-likeness (QED) is 0.110. The normalized spacial score (nSPS) is 13.4. The molecule has 0 aliphatic heterocycles. The monoisotopic (exact) mass is 494 g/mol. The number of halogens is 5. The highest BCUT2D eigenvalue weighted by molar-refractivity contribution is 5.54. The predicted molar refractivity (Wildman–Crippen MR) is 116 cm³/mol. The lowest BCUT2D eigenvalue weighted by molar-refractivity contribution is -0.0958. The molecule has 4 N–H and O–H groups in total. The molecule has 1 unspecified atom stereocenters. The SMILES string of the molecule is N/N=C\N(N)CC(N=O)(c1ccc(F)cc1F)C(F)(F)c1ccc(OCc2ccc(F)cc2)cn1. The van der Waals surface area contributed by atoms with Gasteiger partial charge in [0.1, 0.15) is 41.8 Å². The van der Waals surface area contributed by atoms with Gasteiger partial charge in [0, 0.05) is 11.6 Å². The van der Waals surface area contributed by atoms with E-state index in [4.69, 9.17) is 16.4 Å². The summed E-state index contributed by atoms with van der Waals surface area (Å²) in [6.07, 6.45) is 1.68. The summed E-state index contributed by atoms with van der Waals surface area (Å²) in [6.45, 7) is -1.09. The predicted octanol–water partition coefficient (Wildman–Crippen LogP) is 3.91. The maximum absolute atomic E-state index is 15.8. The molecule has 3 rings (SSSR count). The van der Waals surface area contributed by atoms with Gasteiger partial charge in [0.15, 0.2) is 0 Å². The first-order valence-corrected chi connectivity index (χ1v) is 9.89. The zero-order valence-corrected chi connectivity index (χ0v) is 17.9. The number of hydrazone groups is 1. The van der Waals surface area contributed by atoms with Gasteiger partial charge in [-0.15, -0.1) is 4.91 Å². The Bertz CT molecular complexity index is 1190. The minimum atomic E-state index is -4.25. The van der Waals surface area contributed by atoms with Gasteiger partial charge in [-0.3, -0.25) is 9.99 Å². The molecule has 35 heavy (non-hydrogen) atoms. The van der Waals surface area contributed by atoms with E-state index in [0.29, 0.717) is 28.8 Å². The van der Waals surface area contributed by atoms with Crippen LogP contribution in [0.3, 0.4) is 0 Å². The maximum atomic E-state index is 15.8. The number of alkyl halides is 2. The molecule has 1 aromatic heterocycles. The number of pyridine rings is 1. The number of rotatable bonds is 10. The molecule has 1 heterocycles. The average molecular weight is 494 g/mol. The topological polar surface area (TPSA) is 119 Å². The summed E-state index contributed by atoms with van der Waals surface area (Å²) in [5.74, 6) is 3.47.